The molecule has 7 heteroatoms. The molecule has 2 atom stereocenters. The molecule has 6 nitrogen and oxygen atoms in total. The number of carbonyl (C=O) groups is 3. The molecule has 21 heavy (non-hydrogen) atoms. The van der Waals surface area contributed by atoms with Crippen molar-refractivity contribution in [2.24, 2.45) is 0 Å². The molecule has 0 radical (unpaired) electrons. The van der Waals surface area contributed by atoms with E-state index in [1.54, 1.807) is 0 Å². The summed E-state index contributed by atoms with van der Waals surface area (Å²) in [6.45, 7) is 1.87. The fraction of sp³-hybridized carbons (Fsp3) is 0.500. The summed E-state index contributed by atoms with van der Waals surface area (Å²) in [6, 6.07) is 2.58. The Labute approximate surface area is 126 Å². The van der Waals surface area contributed by atoms with Gasteiger partial charge in [0.1, 0.15) is 6.04 Å². The lowest BCUT2D eigenvalue weighted by molar-refractivity contribution is -0.148. The largest absolute Gasteiger partial charge is 0.480 e. The zero-order chi connectivity index (χ0) is 15.4. The van der Waals surface area contributed by atoms with Gasteiger partial charge in [-0.3, -0.25) is 9.59 Å². The van der Waals surface area contributed by atoms with Gasteiger partial charge in [0.15, 0.2) is 0 Å². The number of carboxylic acids is 1. The summed E-state index contributed by atoms with van der Waals surface area (Å²) in [4.78, 5) is 37.1. The number of hydrogen-bond donors (Lipinski definition) is 2. The number of aliphatic carboxylic acids is 1. The predicted octanol–water partition coefficient (Wildman–Crippen LogP) is 1.39. The van der Waals surface area contributed by atoms with Crippen LogP contribution in [-0.2, 0) is 14.4 Å². The van der Waals surface area contributed by atoms with Gasteiger partial charge in [0.2, 0.25) is 11.8 Å². The highest BCUT2D eigenvalue weighted by atomic mass is 32.1. The Kier molecular flexibility index (Phi) is 4.95. The molecular weight excluding hydrogens is 292 g/mol. The molecule has 2 amide bonds. The van der Waals surface area contributed by atoms with Crippen molar-refractivity contribution >= 4 is 29.1 Å². The first-order valence-corrected chi connectivity index (χ1v) is 7.69. The highest BCUT2D eigenvalue weighted by molar-refractivity contribution is 7.10. The van der Waals surface area contributed by atoms with E-state index in [0.717, 1.165) is 4.88 Å². The van der Waals surface area contributed by atoms with Gasteiger partial charge in [-0.25, -0.2) is 4.79 Å². The number of hydrogen-bond acceptors (Lipinski definition) is 4. The minimum absolute atomic E-state index is 0.0872. The van der Waals surface area contributed by atoms with Gasteiger partial charge in [-0.15, -0.1) is 11.3 Å². The van der Waals surface area contributed by atoms with Crippen LogP contribution in [0.15, 0.2) is 17.5 Å². The third-order valence-corrected chi connectivity index (χ3v) is 4.49. The van der Waals surface area contributed by atoms with E-state index in [1.165, 1.54) is 23.2 Å². The quantitative estimate of drug-likeness (QED) is 0.860. The van der Waals surface area contributed by atoms with Crippen molar-refractivity contribution in [3.8, 4) is 0 Å². The average Bonchev–Trinajstić information content (AvgIpc) is 3.08. The normalized spacial score (nSPS) is 19.3. The van der Waals surface area contributed by atoms with Crippen molar-refractivity contribution in [3.63, 3.8) is 0 Å². The van der Waals surface area contributed by atoms with Gasteiger partial charge in [-0.1, -0.05) is 6.07 Å². The van der Waals surface area contributed by atoms with Gasteiger partial charge in [-0.2, -0.15) is 0 Å². The summed E-state index contributed by atoms with van der Waals surface area (Å²) in [5, 5.41) is 13.8. The van der Waals surface area contributed by atoms with Crippen molar-refractivity contribution in [3.05, 3.63) is 22.4 Å². The molecule has 114 valence electrons. The standard InChI is InChI=1S/C14H18N2O4S/c1-9(17)15-10(12-5-3-7-21-12)8-13(18)16-6-2-4-11(16)14(19)20/h3,5,7,10-11H,2,4,6,8H2,1H3,(H,15,17)(H,19,20). The van der Waals surface area contributed by atoms with E-state index in [1.807, 2.05) is 17.5 Å². The maximum atomic E-state index is 12.4. The Morgan fingerprint density at radius 3 is 2.86 bits per heavy atom. The van der Waals surface area contributed by atoms with Crippen LogP contribution in [0.1, 0.15) is 37.1 Å². The van der Waals surface area contributed by atoms with E-state index in [4.69, 9.17) is 5.11 Å². The number of rotatable bonds is 5. The molecule has 1 saturated heterocycles. The Bertz CT molecular complexity index is 529. The van der Waals surface area contributed by atoms with Gasteiger partial charge >= 0.3 is 5.97 Å². The second-order valence-corrected chi connectivity index (χ2v) is 6.04. The van der Waals surface area contributed by atoms with Crippen LogP contribution in [0.5, 0.6) is 0 Å². The molecular formula is C14H18N2O4S. The second kappa shape index (κ2) is 6.71. The number of nitrogens with zero attached hydrogens (tertiary/aromatic N) is 1. The molecule has 0 aromatic carbocycles. The minimum atomic E-state index is -0.965. The van der Waals surface area contributed by atoms with E-state index in [9.17, 15) is 14.4 Å². The SMILES string of the molecule is CC(=O)NC(CC(=O)N1CCCC1C(=O)O)c1cccs1. The smallest absolute Gasteiger partial charge is 0.326 e. The third-order valence-electron chi connectivity index (χ3n) is 3.50. The summed E-state index contributed by atoms with van der Waals surface area (Å²) >= 11 is 1.46. The van der Waals surface area contributed by atoms with Gasteiger partial charge < -0.3 is 15.3 Å². The van der Waals surface area contributed by atoms with E-state index < -0.39 is 18.1 Å². The lowest BCUT2D eigenvalue weighted by atomic mass is 10.1. The number of thiophene rings is 1. The first-order valence-electron chi connectivity index (χ1n) is 6.82. The molecule has 0 aliphatic carbocycles. The van der Waals surface area contributed by atoms with E-state index in [2.05, 4.69) is 5.32 Å². The van der Waals surface area contributed by atoms with Gasteiger partial charge in [-0.05, 0) is 24.3 Å². The van der Waals surface area contributed by atoms with Crippen LogP contribution in [0.3, 0.4) is 0 Å². The van der Waals surface area contributed by atoms with Crippen LogP contribution in [0.4, 0.5) is 0 Å². The first kappa shape index (κ1) is 15.5. The number of carbonyl (C=O) groups excluding carboxylic acids is 2. The molecule has 0 saturated carbocycles. The topological polar surface area (TPSA) is 86.7 Å². The summed E-state index contributed by atoms with van der Waals surface area (Å²) in [5.74, 6) is -1.41. The average molecular weight is 310 g/mol. The first-order chi connectivity index (χ1) is 9.99. The maximum Gasteiger partial charge on any atom is 0.326 e. The van der Waals surface area contributed by atoms with Crippen molar-refractivity contribution in [2.45, 2.75) is 38.3 Å². The van der Waals surface area contributed by atoms with Crippen LogP contribution in [0, 0.1) is 0 Å². The molecule has 1 aliphatic heterocycles. The molecule has 1 aromatic heterocycles. The summed E-state index contributed by atoms with van der Waals surface area (Å²) in [7, 11) is 0. The van der Waals surface area contributed by atoms with E-state index >= 15 is 0 Å². The molecule has 0 bridgehead atoms. The monoisotopic (exact) mass is 310 g/mol. The van der Waals surface area contributed by atoms with Crippen LogP contribution in [0.2, 0.25) is 0 Å². The van der Waals surface area contributed by atoms with Crippen molar-refractivity contribution in [2.75, 3.05) is 6.54 Å². The van der Waals surface area contributed by atoms with Crippen LogP contribution in [-0.4, -0.2) is 40.4 Å². The fourth-order valence-corrected chi connectivity index (χ4v) is 3.35. The minimum Gasteiger partial charge on any atom is -0.480 e. The highest BCUT2D eigenvalue weighted by Gasteiger charge is 2.35. The maximum absolute atomic E-state index is 12.4. The van der Waals surface area contributed by atoms with E-state index in [-0.39, 0.29) is 18.2 Å². The van der Waals surface area contributed by atoms with Gasteiger partial charge in [0.25, 0.3) is 0 Å². The zero-order valence-electron chi connectivity index (χ0n) is 11.7. The van der Waals surface area contributed by atoms with Crippen LogP contribution >= 0.6 is 11.3 Å². The second-order valence-electron chi connectivity index (χ2n) is 5.06. The van der Waals surface area contributed by atoms with Crippen LogP contribution < -0.4 is 5.32 Å². The Hall–Kier alpha value is -1.89. The molecule has 1 aromatic rings. The highest BCUT2D eigenvalue weighted by Crippen LogP contribution is 2.25. The predicted molar refractivity (Wildman–Crippen MR) is 77.9 cm³/mol. The molecule has 1 fully saturated rings. The molecule has 0 spiro atoms. The van der Waals surface area contributed by atoms with E-state index in [0.29, 0.717) is 19.4 Å². The summed E-state index contributed by atoms with van der Waals surface area (Å²) in [6.07, 6.45) is 1.28. The Morgan fingerprint density at radius 1 is 1.52 bits per heavy atom. The van der Waals surface area contributed by atoms with Crippen molar-refractivity contribution < 1.29 is 19.5 Å². The summed E-state index contributed by atoms with van der Waals surface area (Å²) < 4.78 is 0. The number of likely N-dealkylation sites (tertiary alicyclic amines) is 1. The number of carboxylic acid groups (broad SMARTS) is 1. The lowest BCUT2D eigenvalue weighted by Gasteiger charge is -2.24. The summed E-state index contributed by atoms with van der Waals surface area (Å²) in [5.41, 5.74) is 0. The third kappa shape index (κ3) is 3.81. The van der Waals surface area contributed by atoms with Gasteiger partial charge in [0.05, 0.1) is 12.5 Å². The molecule has 2 heterocycles. The fourth-order valence-electron chi connectivity index (χ4n) is 2.57. The molecule has 2 unspecified atom stereocenters. The Balaban J connectivity index is 2.07. The van der Waals surface area contributed by atoms with Crippen molar-refractivity contribution in [1.82, 2.24) is 10.2 Å². The number of nitrogens with one attached hydrogen (secondary N) is 1. The van der Waals surface area contributed by atoms with Crippen molar-refractivity contribution in [1.29, 1.82) is 0 Å². The zero-order valence-corrected chi connectivity index (χ0v) is 12.6. The van der Waals surface area contributed by atoms with Crippen LogP contribution in [0.25, 0.3) is 0 Å². The number of amides is 2. The van der Waals surface area contributed by atoms with Gasteiger partial charge in [0, 0.05) is 18.3 Å². The Morgan fingerprint density at radius 2 is 2.29 bits per heavy atom. The lowest BCUT2D eigenvalue weighted by Crippen LogP contribution is -2.42. The molecule has 2 rings (SSSR count). The molecule has 2 N–H and O–H groups in total. The molecule has 1 aliphatic rings.